The van der Waals surface area contributed by atoms with Gasteiger partial charge < -0.3 is 16.6 Å². The predicted molar refractivity (Wildman–Crippen MR) is 76.0 cm³/mol. The molecule has 2 rings (SSSR count). The Hall–Kier alpha value is -1.59. The summed E-state index contributed by atoms with van der Waals surface area (Å²) in [6.45, 7) is 1.88. The molecule has 4 nitrogen and oxygen atoms in total. The highest BCUT2D eigenvalue weighted by Gasteiger charge is 2.19. The molecule has 0 saturated carbocycles. The molecule has 0 amide bonds. The molecule has 1 heterocycles. The molecule has 0 bridgehead atoms. The average Bonchev–Trinajstić information content (AvgIpc) is 2.32. The third-order valence-corrected chi connectivity index (χ3v) is 3.35. The summed E-state index contributed by atoms with van der Waals surface area (Å²) >= 11 is 3.36. The molecule has 1 unspecified atom stereocenters. The van der Waals surface area contributed by atoms with Gasteiger partial charge in [0, 0.05) is 27.5 Å². The first kappa shape index (κ1) is 12.9. The van der Waals surface area contributed by atoms with E-state index in [0.717, 1.165) is 10.0 Å². The number of nitrogens with two attached hydrogens (primary N) is 2. The van der Waals surface area contributed by atoms with Crippen molar-refractivity contribution < 1.29 is 5.11 Å². The SMILES string of the molecule is Cc1ccnc(N)c1C(O)c1cc(Br)ccc1N. The van der Waals surface area contributed by atoms with E-state index in [9.17, 15) is 5.11 Å². The summed E-state index contributed by atoms with van der Waals surface area (Å²) in [5, 5.41) is 10.4. The molecule has 5 N–H and O–H groups in total. The second kappa shape index (κ2) is 4.96. The zero-order valence-electron chi connectivity index (χ0n) is 9.89. The van der Waals surface area contributed by atoms with Crippen molar-refractivity contribution in [3.8, 4) is 0 Å². The lowest BCUT2D eigenvalue weighted by molar-refractivity contribution is 0.220. The van der Waals surface area contributed by atoms with Crippen LogP contribution in [-0.2, 0) is 0 Å². The molecule has 1 aromatic heterocycles. The Balaban J connectivity index is 2.54. The monoisotopic (exact) mass is 307 g/mol. The van der Waals surface area contributed by atoms with Gasteiger partial charge in [-0.3, -0.25) is 0 Å². The average molecular weight is 308 g/mol. The molecule has 94 valence electrons. The Bertz CT molecular complexity index is 566. The lowest BCUT2D eigenvalue weighted by atomic mass is 9.97. The van der Waals surface area contributed by atoms with Gasteiger partial charge in [0.1, 0.15) is 11.9 Å². The van der Waals surface area contributed by atoms with Gasteiger partial charge in [-0.2, -0.15) is 0 Å². The van der Waals surface area contributed by atoms with Crippen molar-refractivity contribution in [3.63, 3.8) is 0 Å². The minimum atomic E-state index is -0.879. The predicted octanol–water partition coefficient (Wildman–Crippen LogP) is 2.40. The van der Waals surface area contributed by atoms with E-state index in [1.807, 2.05) is 19.1 Å². The molecule has 0 aliphatic rings. The Morgan fingerprint density at radius 1 is 1.28 bits per heavy atom. The van der Waals surface area contributed by atoms with Crippen LogP contribution in [0.25, 0.3) is 0 Å². The minimum Gasteiger partial charge on any atom is -0.398 e. The van der Waals surface area contributed by atoms with E-state index < -0.39 is 6.10 Å². The standard InChI is InChI=1S/C13H14BrN3O/c1-7-4-5-17-13(16)11(7)12(18)9-6-8(14)2-3-10(9)15/h2-6,12,18H,15H2,1H3,(H2,16,17). The third-order valence-electron chi connectivity index (χ3n) is 2.86. The van der Waals surface area contributed by atoms with Gasteiger partial charge >= 0.3 is 0 Å². The number of aryl methyl sites for hydroxylation is 1. The number of aromatic nitrogens is 1. The van der Waals surface area contributed by atoms with Gasteiger partial charge in [-0.05, 0) is 36.8 Å². The molecule has 18 heavy (non-hydrogen) atoms. The van der Waals surface area contributed by atoms with Crippen LogP contribution in [0, 0.1) is 6.92 Å². The number of hydrogen-bond donors (Lipinski definition) is 3. The summed E-state index contributed by atoms with van der Waals surface area (Å²) in [5.74, 6) is 0.321. The van der Waals surface area contributed by atoms with Crippen LogP contribution >= 0.6 is 15.9 Å². The largest absolute Gasteiger partial charge is 0.398 e. The zero-order valence-corrected chi connectivity index (χ0v) is 11.5. The highest BCUT2D eigenvalue weighted by molar-refractivity contribution is 9.10. The van der Waals surface area contributed by atoms with Gasteiger partial charge in [0.25, 0.3) is 0 Å². The Morgan fingerprint density at radius 2 is 2.00 bits per heavy atom. The van der Waals surface area contributed by atoms with E-state index in [1.54, 1.807) is 18.3 Å². The van der Waals surface area contributed by atoms with E-state index in [-0.39, 0.29) is 0 Å². The highest BCUT2D eigenvalue weighted by Crippen LogP contribution is 2.32. The van der Waals surface area contributed by atoms with Crippen LogP contribution in [0.15, 0.2) is 34.9 Å². The molecule has 5 heteroatoms. The number of halogens is 1. The van der Waals surface area contributed by atoms with E-state index in [4.69, 9.17) is 11.5 Å². The topological polar surface area (TPSA) is 85.2 Å². The van der Waals surface area contributed by atoms with Crippen molar-refractivity contribution in [2.24, 2.45) is 0 Å². The summed E-state index contributed by atoms with van der Waals surface area (Å²) in [6.07, 6.45) is 0.738. The first-order valence-corrected chi connectivity index (χ1v) is 6.24. The van der Waals surface area contributed by atoms with Crippen LogP contribution < -0.4 is 11.5 Å². The second-order valence-electron chi connectivity index (χ2n) is 4.10. The lowest BCUT2D eigenvalue weighted by Crippen LogP contribution is -2.09. The normalized spacial score (nSPS) is 12.4. The van der Waals surface area contributed by atoms with Crippen LogP contribution in [0.3, 0.4) is 0 Å². The van der Waals surface area contributed by atoms with Gasteiger partial charge in [-0.1, -0.05) is 15.9 Å². The van der Waals surface area contributed by atoms with E-state index >= 15 is 0 Å². The van der Waals surface area contributed by atoms with Gasteiger partial charge in [0.05, 0.1) is 0 Å². The van der Waals surface area contributed by atoms with E-state index in [1.165, 1.54) is 0 Å². The Labute approximate surface area is 114 Å². The fourth-order valence-electron chi connectivity index (χ4n) is 1.88. The maximum atomic E-state index is 10.4. The first-order chi connectivity index (χ1) is 8.50. The molecule has 0 fully saturated rings. The van der Waals surface area contributed by atoms with E-state index in [0.29, 0.717) is 22.6 Å². The number of hydrogen-bond acceptors (Lipinski definition) is 4. The number of rotatable bonds is 2. The third kappa shape index (κ3) is 2.32. The number of aliphatic hydroxyl groups excluding tert-OH is 1. The molecule has 0 aliphatic carbocycles. The smallest absolute Gasteiger partial charge is 0.129 e. The molecule has 0 aliphatic heterocycles. The summed E-state index contributed by atoms with van der Waals surface area (Å²) in [5.41, 5.74) is 14.3. The molecule has 0 spiro atoms. The molecular weight excluding hydrogens is 294 g/mol. The summed E-state index contributed by atoms with van der Waals surface area (Å²) in [6, 6.07) is 7.16. The summed E-state index contributed by atoms with van der Waals surface area (Å²) < 4.78 is 0.853. The molecule has 1 atom stereocenters. The second-order valence-corrected chi connectivity index (χ2v) is 5.02. The number of nitrogens with zero attached hydrogens (tertiary/aromatic N) is 1. The van der Waals surface area contributed by atoms with Gasteiger partial charge in [0.15, 0.2) is 0 Å². The maximum absolute atomic E-state index is 10.4. The van der Waals surface area contributed by atoms with Crippen molar-refractivity contribution in [3.05, 3.63) is 51.6 Å². The van der Waals surface area contributed by atoms with Crippen molar-refractivity contribution in [1.29, 1.82) is 0 Å². The first-order valence-electron chi connectivity index (χ1n) is 5.44. The fourth-order valence-corrected chi connectivity index (χ4v) is 2.26. The zero-order chi connectivity index (χ0) is 13.3. The molecular formula is C13H14BrN3O. The lowest BCUT2D eigenvalue weighted by Gasteiger charge is -2.17. The number of pyridine rings is 1. The molecule has 0 saturated heterocycles. The number of aliphatic hydroxyl groups is 1. The van der Waals surface area contributed by atoms with Crippen LogP contribution in [0.1, 0.15) is 22.8 Å². The van der Waals surface area contributed by atoms with Crippen LogP contribution in [0.5, 0.6) is 0 Å². The van der Waals surface area contributed by atoms with Crippen molar-refractivity contribution in [1.82, 2.24) is 4.98 Å². The van der Waals surface area contributed by atoms with Crippen LogP contribution in [-0.4, -0.2) is 10.1 Å². The maximum Gasteiger partial charge on any atom is 0.129 e. The number of anilines is 2. The van der Waals surface area contributed by atoms with Crippen molar-refractivity contribution >= 4 is 27.4 Å². The molecule has 1 aromatic carbocycles. The van der Waals surface area contributed by atoms with Crippen LogP contribution in [0.4, 0.5) is 11.5 Å². The van der Waals surface area contributed by atoms with Crippen LogP contribution in [0.2, 0.25) is 0 Å². The van der Waals surface area contributed by atoms with Crippen molar-refractivity contribution in [2.75, 3.05) is 11.5 Å². The number of benzene rings is 1. The summed E-state index contributed by atoms with van der Waals surface area (Å²) in [7, 11) is 0. The van der Waals surface area contributed by atoms with Gasteiger partial charge in [0.2, 0.25) is 0 Å². The Kier molecular flexibility index (Phi) is 3.54. The van der Waals surface area contributed by atoms with Gasteiger partial charge in [-0.25, -0.2) is 4.98 Å². The fraction of sp³-hybridized carbons (Fsp3) is 0.154. The van der Waals surface area contributed by atoms with E-state index in [2.05, 4.69) is 20.9 Å². The number of nitrogen functional groups attached to an aromatic ring is 2. The Morgan fingerprint density at radius 3 is 2.67 bits per heavy atom. The highest BCUT2D eigenvalue weighted by atomic mass is 79.9. The van der Waals surface area contributed by atoms with Crippen molar-refractivity contribution in [2.45, 2.75) is 13.0 Å². The summed E-state index contributed by atoms with van der Waals surface area (Å²) in [4.78, 5) is 4.00. The van der Waals surface area contributed by atoms with Gasteiger partial charge in [-0.15, -0.1) is 0 Å². The molecule has 2 aromatic rings. The molecule has 0 radical (unpaired) electrons. The quantitative estimate of drug-likeness (QED) is 0.744. The minimum absolute atomic E-state index is 0.321.